The number of nitrogens with one attached hydrogen (secondary N) is 1. The second kappa shape index (κ2) is 7.87. The lowest BCUT2D eigenvalue weighted by Gasteiger charge is -2.05. The van der Waals surface area contributed by atoms with Gasteiger partial charge < -0.3 is 10.4 Å². The summed E-state index contributed by atoms with van der Waals surface area (Å²) in [6.07, 6.45) is 9.12. The Bertz CT molecular complexity index is 328. The van der Waals surface area contributed by atoms with Crippen LogP contribution in [0.1, 0.15) is 51.1 Å². The highest BCUT2D eigenvalue weighted by Crippen LogP contribution is 2.12. The van der Waals surface area contributed by atoms with E-state index in [2.05, 4.69) is 22.2 Å². The van der Waals surface area contributed by atoms with Crippen LogP contribution in [0.15, 0.2) is 6.20 Å². The largest absolute Gasteiger partial charge is 0.504 e. The van der Waals surface area contributed by atoms with Gasteiger partial charge in [0.05, 0.1) is 11.9 Å². The topological polar surface area (TPSA) is 58.0 Å². The third kappa shape index (κ3) is 5.52. The van der Waals surface area contributed by atoms with Crippen LogP contribution in [0.25, 0.3) is 0 Å². The van der Waals surface area contributed by atoms with Crippen LogP contribution in [0.4, 0.5) is 5.95 Å². The Balaban J connectivity index is 2.11. The van der Waals surface area contributed by atoms with Gasteiger partial charge in [-0.1, -0.05) is 39.0 Å². The molecule has 0 atom stereocenters. The molecular formula is C13H23N3O. The average Bonchev–Trinajstić information content (AvgIpc) is 2.32. The van der Waals surface area contributed by atoms with Crippen molar-refractivity contribution in [3.05, 3.63) is 11.9 Å². The molecule has 0 aromatic carbocycles. The smallest absolute Gasteiger partial charge is 0.223 e. The average molecular weight is 237 g/mol. The third-order valence-electron chi connectivity index (χ3n) is 2.77. The second-order valence-corrected chi connectivity index (χ2v) is 4.36. The first-order chi connectivity index (χ1) is 8.24. The maximum Gasteiger partial charge on any atom is 0.223 e. The summed E-state index contributed by atoms with van der Waals surface area (Å²) in [7, 11) is 0. The summed E-state index contributed by atoms with van der Waals surface area (Å²) in [4.78, 5) is 8.16. The van der Waals surface area contributed by atoms with Crippen LogP contribution in [0.3, 0.4) is 0 Å². The Morgan fingerprint density at radius 1 is 1.18 bits per heavy atom. The standard InChI is InChI=1S/C13H23N3O/c1-3-4-5-6-7-8-9-14-13-15-10-12(17)11(2)16-13/h10,17H,3-9H2,1-2H3,(H,14,15,16). The van der Waals surface area contributed by atoms with Crippen molar-refractivity contribution in [3.63, 3.8) is 0 Å². The van der Waals surface area contributed by atoms with Crippen LogP contribution >= 0.6 is 0 Å². The van der Waals surface area contributed by atoms with E-state index in [4.69, 9.17) is 0 Å². The molecule has 0 saturated carbocycles. The fraction of sp³-hybridized carbons (Fsp3) is 0.692. The normalized spacial score (nSPS) is 10.5. The summed E-state index contributed by atoms with van der Waals surface area (Å²) in [5.74, 6) is 0.754. The molecule has 4 heteroatoms. The van der Waals surface area contributed by atoms with Gasteiger partial charge in [-0.15, -0.1) is 0 Å². The zero-order valence-corrected chi connectivity index (χ0v) is 10.9. The number of anilines is 1. The van der Waals surface area contributed by atoms with Crippen molar-refractivity contribution in [1.82, 2.24) is 9.97 Å². The van der Waals surface area contributed by atoms with E-state index in [1.807, 2.05) is 0 Å². The molecule has 0 aliphatic carbocycles. The monoisotopic (exact) mass is 237 g/mol. The zero-order chi connectivity index (χ0) is 12.5. The molecule has 1 aromatic rings. The van der Waals surface area contributed by atoms with Crippen LogP contribution in [-0.4, -0.2) is 21.6 Å². The molecule has 96 valence electrons. The molecule has 1 rings (SSSR count). The summed E-state index contributed by atoms with van der Waals surface area (Å²) in [6.45, 7) is 4.90. The van der Waals surface area contributed by atoms with Crippen molar-refractivity contribution in [2.45, 2.75) is 52.4 Å². The summed E-state index contributed by atoms with van der Waals surface area (Å²) < 4.78 is 0. The van der Waals surface area contributed by atoms with Gasteiger partial charge in [0.15, 0.2) is 5.75 Å². The summed E-state index contributed by atoms with van der Waals surface area (Å²) in [6, 6.07) is 0. The van der Waals surface area contributed by atoms with Crippen molar-refractivity contribution in [2.24, 2.45) is 0 Å². The molecule has 0 radical (unpaired) electrons. The first-order valence-corrected chi connectivity index (χ1v) is 6.50. The maximum absolute atomic E-state index is 9.28. The Hall–Kier alpha value is -1.32. The van der Waals surface area contributed by atoms with E-state index in [9.17, 15) is 5.11 Å². The highest BCUT2D eigenvalue weighted by molar-refractivity contribution is 5.31. The lowest BCUT2D eigenvalue weighted by molar-refractivity contribution is 0.464. The molecule has 0 saturated heterocycles. The van der Waals surface area contributed by atoms with E-state index in [1.54, 1.807) is 6.92 Å². The third-order valence-corrected chi connectivity index (χ3v) is 2.77. The molecule has 4 nitrogen and oxygen atoms in total. The minimum absolute atomic E-state index is 0.148. The van der Waals surface area contributed by atoms with Crippen LogP contribution in [0.2, 0.25) is 0 Å². The van der Waals surface area contributed by atoms with Gasteiger partial charge in [0.25, 0.3) is 0 Å². The van der Waals surface area contributed by atoms with Gasteiger partial charge >= 0.3 is 0 Å². The fourth-order valence-electron chi connectivity index (χ4n) is 1.65. The van der Waals surface area contributed by atoms with Crippen LogP contribution in [-0.2, 0) is 0 Å². The van der Waals surface area contributed by atoms with Crippen molar-refractivity contribution in [2.75, 3.05) is 11.9 Å². The highest BCUT2D eigenvalue weighted by Gasteiger charge is 2.00. The molecule has 1 heterocycles. The molecule has 0 aliphatic rings. The number of aromatic nitrogens is 2. The molecule has 0 unspecified atom stereocenters. The number of rotatable bonds is 8. The minimum Gasteiger partial charge on any atom is -0.504 e. The number of hydrogen-bond donors (Lipinski definition) is 2. The fourth-order valence-corrected chi connectivity index (χ4v) is 1.65. The van der Waals surface area contributed by atoms with Crippen molar-refractivity contribution in [1.29, 1.82) is 0 Å². The van der Waals surface area contributed by atoms with Crippen LogP contribution < -0.4 is 5.32 Å². The van der Waals surface area contributed by atoms with E-state index in [0.29, 0.717) is 11.6 Å². The first kappa shape index (κ1) is 13.7. The van der Waals surface area contributed by atoms with E-state index < -0.39 is 0 Å². The van der Waals surface area contributed by atoms with Gasteiger partial charge in [-0.2, -0.15) is 0 Å². The summed E-state index contributed by atoms with van der Waals surface area (Å²) in [5.41, 5.74) is 0.616. The van der Waals surface area contributed by atoms with E-state index in [0.717, 1.165) is 13.0 Å². The summed E-state index contributed by atoms with van der Waals surface area (Å²) in [5, 5.41) is 12.5. The summed E-state index contributed by atoms with van der Waals surface area (Å²) >= 11 is 0. The number of hydrogen-bond acceptors (Lipinski definition) is 4. The van der Waals surface area contributed by atoms with Crippen LogP contribution in [0, 0.1) is 6.92 Å². The predicted octanol–water partition coefficient (Wildman–Crippen LogP) is 3.26. The molecule has 0 bridgehead atoms. The number of aryl methyl sites for hydroxylation is 1. The lowest BCUT2D eigenvalue weighted by atomic mass is 10.1. The Morgan fingerprint density at radius 3 is 2.59 bits per heavy atom. The quantitative estimate of drug-likeness (QED) is 0.681. The number of unbranched alkanes of at least 4 members (excludes halogenated alkanes) is 5. The highest BCUT2D eigenvalue weighted by atomic mass is 16.3. The molecule has 0 spiro atoms. The first-order valence-electron chi connectivity index (χ1n) is 6.50. The van der Waals surface area contributed by atoms with E-state index in [-0.39, 0.29) is 5.75 Å². The van der Waals surface area contributed by atoms with Crippen molar-refractivity contribution in [3.8, 4) is 5.75 Å². The van der Waals surface area contributed by atoms with Gasteiger partial charge in [-0.25, -0.2) is 9.97 Å². The second-order valence-electron chi connectivity index (χ2n) is 4.36. The van der Waals surface area contributed by atoms with Gasteiger partial charge in [0, 0.05) is 6.54 Å². The molecule has 2 N–H and O–H groups in total. The Morgan fingerprint density at radius 2 is 1.88 bits per heavy atom. The molecule has 0 amide bonds. The Kier molecular flexibility index (Phi) is 6.37. The van der Waals surface area contributed by atoms with Gasteiger partial charge in [-0.05, 0) is 13.3 Å². The minimum atomic E-state index is 0.148. The number of nitrogens with zero attached hydrogens (tertiary/aromatic N) is 2. The zero-order valence-electron chi connectivity index (χ0n) is 10.9. The van der Waals surface area contributed by atoms with Gasteiger partial charge in [0.2, 0.25) is 5.95 Å². The molecule has 0 fully saturated rings. The van der Waals surface area contributed by atoms with Gasteiger partial charge in [0.1, 0.15) is 0 Å². The van der Waals surface area contributed by atoms with Crippen LogP contribution in [0.5, 0.6) is 5.75 Å². The SMILES string of the molecule is CCCCCCCCNc1ncc(O)c(C)n1. The van der Waals surface area contributed by atoms with E-state index >= 15 is 0 Å². The van der Waals surface area contributed by atoms with Crippen molar-refractivity contribution >= 4 is 5.95 Å². The maximum atomic E-state index is 9.28. The van der Waals surface area contributed by atoms with Crippen molar-refractivity contribution < 1.29 is 5.11 Å². The number of aromatic hydroxyl groups is 1. The van der Waals surface area contributed by atoms with Gasteiger partial charge in [-0.3, -0.25) is 0 Å². The molecular weight excluding hydrogens is 214 g/mol. The molecule has 17 heavy (non-hydrogen) atoms. The molecule has 0 aliphatic heterocycles. The lowest BCUT2D eigenvalue weighted by Crippen LogP contribution is -2.05. The predicted molar refractivity (Wildman–Crippen MR) is 70.3 cm³/mol. The van der Waals surface area contributed by atoms with E-state index in [1.165, 1.54) is 38.3 Å². The molecule has 1 aromatic heterocycles. The Labute approximate surface area is 103 Å².